The van der Waals surface area contributed by atoms with Crippen LogP contribution in [0.4, 0.5) is 13.2 Å². The lowest BCUT2D eigenvalue weighted by atomic mass is 9.98. The Morgan fingerprint density at radius 3 is 2.62 bits per heavy atom. The molecule has 1 rings (SSSR count). The molecule has 1 fully saturated rings. The number of ketones is 1. The fraction of sp³-hybridized carbons (Fsp3) is 0.909. The average Bonchev–Trinajstić information content (AvgIpc) is 2.17. The Balaban J connectivity index is 2.12. The Morgan fingerprint density at radius 2 is 2.06 bits per heavy atom. The van der Waals surface area contributed by atoms with Crippen molar-refractivity contribution in [3.8, 4) is 0 Å². The van der Waals surface area contributed by atoms with Gasteiger partial charge in [-0.1, -0.05) is 6.92 Å². The van der Waals surface area contributed by atoms with E-state index in [1.165, 1.54) is 0 Å². The first-order valence-corrected chi connectivity index (χ1v) is 5.70. The molecule has 0 radical (unpaired) electrons. The van der Waals surface area contributed by atoms with Crippen LogP contribution in [0.2, 0.25) is 0 Å². The monoisotopic (exact) mass is 237 g/mol. The molecule has 0 saturated carbocycles. The maximum absolute atomic E-state index is 11.9. The van der Waals surface area contributed by atoms with E-state index in [1.54, 1.807) is 0 Å². The second kappa shape index (κ2) is 5.66. The summed E-state index contributed by atoms with van der Waals surface area (Å²) in [7, 11) is 0. The standard InChI is InChI=1S/C11H18F3NO/c1-9-8-15(7-4-10(9)16)6-3-2-5-11(12,13)14/h9H,2-8H2,1H3. The highest BCUT2D eigenvalue weighted by Crippen LogP contribution is 2.22. The van der Waals surface area contributed by atoms with Crippen LogP contribution in [-0.4, -0.2) is 36.5 Å². The van der Waals surface area contributed by atoms with E-state index in [0.717, 1.165) is 0 Å². The van der Waals surface area contributed by atoms with Crippen molar-refractivity contribution >= 4 is 5.78 Å². The van der Waals surface area contributed by atoms with Gasteiger partial charge in [-0.3, -0.25) is 4.79 Å². The SMILES string of the molecule is CC1CN(CCCCC(F)(F)F)CCC1=O. The summed E-state index contributed by atoms with van der Waals surface area (Å²) < 4.78 is 35.6. The third-order valence-corrected chi connectivity index (χ3v) is 2.94. The summed E-state index contributed by atoms with van der Waals surface area (Å²) in [6.07, 6.45) is -3.45. The van der Waals surface area contributed by atoms with Gasteiger partial charge < -0.3 is 4.90 Å². The van der Waals surface area contributed by atoms with Crippen molar-refractivity contribution in [2.45, 2.75) is 38.8 Å². The van der Waals surface area contributed by atoms with Gasteiger partial charge in [-0.25, -0.2) is 0 Å². The third-order valence-electron chi connectivity index (χ3n) is 2.94. The lowest BCUT2D eigenvalue weighted by Crippen LogP contribution is -2.40. The number of likely N-dealkylation sites (tertiary alicyclic amines) is 1. The van der Waals surface area contributed by atoms with Crippen molar-refractivity contribution in [3.63, 3.8) is 0 Å². The number of hydrogen-bond acceptors (Lipinski definition) is 2. The van der Waals surface area contributed by atoms with Gasteiger partial charge in [0.2, 0.25) is 0 Å². The van der Waals surface area contributed by atoms with E-state index in [2.05, 4.69) is 4.90 Å². The van der Waals surface area contributed by atoms with Crippen LogP contribution in [-0.2, 0) is 4.79 Å². The van der Waals surface area contributed by atoms with Gasteiger partial charge in [0, 0.05) is 31.8 Å². The number of hydrogen-bond donors (Lipinski definition) is 0. The minimum atomic E-state index is -4.04. The molecule has 1 unspecified atom stereocenters. The first kappa shape index (κ1) is 13.5. The number of halogens is 3. The minimum Gasteiger partial charge on any atom is -0.302 e. The predicted octanol–water partition coefficient (Wildman–Crippen LogP) is 2.63. The molecule has 94 valence electrons. The number of unbranched alkanes of at least 4 members (excludes halogenated alkanes) is 1. The second-order valence-corrected chi connectivity index (χ2v) is 4.49. The molecule has 1 aliphatic rings. The normalized spacial score (nSPS) is 23.8. The van der Waals surface area contributed by atoms with Gasteiger partial charge in [-0.2, -0.15) is 13.2 Å². The predicted molar refractivity (Wildman–Crippen MR) is 55.1 cm³/mol. The van der Waals surface area contributed by atoms with Crippen molar-refractivity contribution in [1.29, 1.82) is 0 Å². The Morgan fingerprint density at radius 1 is 1.38 bits per heavy atom. The van der Waals surface area contributed by atoms with Crippen LogP contribution in [0.1, 0.15) is 32.6 Å². The molecule has 0 bridgehead atoms. The largest absolute Gasteiger partial charge is 0.389 e. The number of carbonyl (C=O) groups is 1. The number of alkyl halides is 3. The molecule has 16 heavy (non-hydrogen) atoms. The Kier molecular flexibility index (Phi) is 4.77. The number of Topliss-reactive ketones (excluding diaryl/α,β-unsaturated/α-hetero) is 1. The van der Waals surface area contributed by atoms with E-state index < -0.39 is 12.6 Å². The number of carbonyl (C=O) groups excluding carboxylic acids is 1. The second-order valence-electron chi connectivity index (χ2n) is 4.49. The Hall–Kier alpha value is -0.580. The maximum Gasteiger partial charge on any atom is 0.389 e. The van der Waals surface area contributed by atoms with E-state index in [-0.39, 0.29) is 18.1 Å². The quantitative estimate of drug-likeness (QED) is 0.700. The number of piperidine rings is 1. The van der Waals surface area contributed by atoms with Crippen molar-refractivity contribution < 1.29 is 18.0 Å². The first-order valence-electron chi connectivity index (χ1n) is 5.70. The molecule has 0 aliphatic carbocycles. The molecule has 0 aromatic carbocycles. The molecule has 1 saturated heterocycles. The number of rotatable bonds is 4. The molecule has 1 atom stereocenters. The summed E-state index contributed by atoms with van der Waals surface area (Å²) in [6.45, 7) is 3.96. The highest BCUT2D eigenvalue weighted by atomic mass is 19.4. The summed E-state index contributed by atoms with van der Waals surface area (Å²) in [6, 6.07) is 0. The minimum absolute atomic E-state index is 0.0383. The molecule has 0 amide bonds. The Labute approximate surface area is 93.8 Å². The molecule has 1 heterocycles. The summed E-state index contributed by atoms with van der Waals surface area (Å²) in [5.41, 5.74) is 0. The van der Waals surface area contributed by atoms with Gasteiger partial charge in [-0.05, 0) is 19.4 Å². The van der Waals surface area contributed by atoms with E-state index in [4.69, 9.17) is 0 Å². The highest BCUT2D eigenvalue weighted by Gasteiger charge is 2.27. The van der Waals surface area contributed by atoms with E-state index in [0.29, 0.717) is 32.5 Å². The van der Waals surface area contributed by atoms with Crippen molar-refractivity contribution in [3.05, 3.63) is 0 Å². The van der Waals surface area contributed by atoms with E-state index in [9.17, 15) is 18.0 Å². The van der Waals surface area contributed by atoms with Gasteiger partial charge in [0.25, 0.3) is 0 Å². The van der Waals surface area contributed by atoms with Gasteiger partial charge in [0.15, 0.2) is 0 Å². The average molecular weight is 237 g/mol. The van der Waals surface area contributed by atoms with Gasteiger partial charge in [0.1, 0.15) is 5.78 Å². The van der Waals surface area contributed by atoms with Crippen molar-refractivity contribution in [1.82, 2.24) is 4.90 Å². The maximum atomic E-state index is 11.9. The van der Waals surface area contributed by atoms with Crippen LogP contribution in [0, 0.1) is 5.92 Å². The third kappa shape index (κ3) is 4.96. The van der Waals surface area contributed by atoms with Crippen LogP contribution >= 0.6 is 0 Å². The van der Waals surface area contributed by atoms with E-state index in [1.807, 2.05) is 6.92 Å². The van der Waals surface area contributed by atoms with Gasteiger partial charge >= 0.3 is 6.18 Å². The van der Waals surface area contributed by atoms with Crippen molar-refractivity contribution in [2.24, 2.45) is 5.92 Å². The highest BCUT2D eigenvalue weighted by molar-refractivity contribution is 5.81. The fourth-order valence-electron chi connectivity index (χ4n) is 1.96. The first-order chi connectivity index (χ1) is 7.38. The zero-order chi connectivity index (χ0) is 12.2. The molecule has 2 nitrogen and oxygen atoms in total. The smallest absolute Gasteiger partial charge is 0.302 e. The van der Waals surface area contributed by atoms with Crippen molar-refractivity contribution in [2.75, 3.05) is 19.6 Å². The summed E-state index contributed by atoms with van der Waals surface area (Å²) in [5, 5.41) is 0. The molecule has 0 N–H and O–H groups in total. The van der Waals surface area contributed by atoms with Crippen LogP contribution in [0.3, 0.4) is 0 Å². The van der Waals surface area contributed by atoms with Crippen LogP contribution in [0.25, 0.3) is 0 Å². The molecule has 0 aromatic rings. The van der Waals surface area contributed by atoms with Crippen LogP contribution in [0.5, 0.6) is 0 Å². The van der Waals surface area contributed by atoms with Gasteiger partial charge in [-0.15, -0.1) is 0 Å². The zero-order valence-electron chi connectivity index (χ0n) is 9.52. The zero-order valence-corrected chi connectivity index (χ0v) is 9.52. The summed E-state index contributed by atoms with van der Waals surface area (Å²) in [5.74, 6) is 0.308. The van der Waals surface area contributed by atoms with Crippen LogP contribution < -0.4 is 0 Å². The lowest BCUT2D eigenvalue weighted by molar-refractivity contribution is -0.135. The Bertz CT molecular complexity index is 240. The molecular formula is C11H18F3NO. The molecule has 1 aliphatic heterocycles. The van der Waals surface area contributed by atoms with E-state index >= 15 is 0 Å². The molecule has 0 aromatic heterocycles. The fourth-order valence-corrected chi connectivity index (χ4v) is 1.96. The topological polar surface area (TPSA) is 20.3 Å². The van der Waals surface area contributed by atoms with Crippen LogP contribution in [0.15, 0.2) is 0 Å². The molecular weight excluding hydrogens is 219 g/mol. The lowest BCUT2D eigenvalue weighted by Gasteiger charge is -2.29. The number of nitrogens with zero attached hydrogens (tertiary/aromatic N) is 1. The summed E-state index contributed by atoms with van der Waals surface area (Å²) in [4.78, 5) is 13.3. The van der Waals surface area contributed by atoms with Gasteiger partial charge in [0.05, 0.1) is 0 Å². The summed E-state index contributed by atoms with van der Waals surface area (Å²) >= 11 is 0. The molecule has 5 heteroatoms. The molecule has 0 spiro atoms.